The van der Waals surface area contributed by atoms with Gasteiger partial charge in [-0.05, 0) is 6.92 Å². The van der Waals surface area contributed by atoms with Crippen molar-refractivity contribution in [2.24, 2.45) is 0 Å². The third-order valence-electron chi connectivity index (χ3n) is 2.14. The second-order valence-corrected chi connectivity index (χ2v) is 4.70. The summed E-state index contributed by atoms with van der Waals surface area (Å²) in [6.07, 6.45) is -2.53. The van der Waals surface area contributed by atoms with Crippen molar-refractivity contribution in [3.8, 4) is 0 Å². The van der Waals surface area contributed by atoms with E-state index in [1.54, 1.807) is 6.92 Å². The minimum Gasteiger partial charge on any atom is -0.461 e. The molecule has 0 N–H and O–H groups in total. The zero-order chi connectivity index (χ0) is 14.6. The fraction of sp³-hybridized carbons (Fsp3) is 0.545. The SMILES string of the molecule is CCOC(=O)c1nc(N(C)CC(F)F)sc1C(C)=O. The van der Waals surface area contributed by atoms with Gasteiger partial charge >= 0.3 is 5.97 Å². The van der Waals surface area contributed by atoms with Crippen molar-refractivity contribution >= 4 is 28.2 Å². The van der Waals surface area contributed by atoms with Crippen LogP contribution in [0.5, 0.6) is 0 Å². The lowest BCUT2D eigenvalue weighted by Crippen LogP contribution is -2.23. The van der Waals surface area contributed by atoms with E-state index >= 15 is 0 Å². The molecule has 0 spiro atoms. The number of ether oxygens (including phenoxy) is 1. The van der Waals surface area contributed by atoms with Crippen molar-refractivity contribution in [2.45, 2.75) is 20.3 Å². The quantitative estimate of drug-likeness (QED) is 0.594. The Hall–Kier alpha value is -1.57. The van der Waals surface area contributed by atoms with Crippen LogP contribution in [0.2, 0.25) is 0 Å². The molecule has 19 heavy (non-hydrogen) atoms. The van der Waals surface area contributed by atoms with Gasteiger partial charge in [0.05, 0.1) is 13.2 Å². The lowest BCUT2D eigenvalue weighted by atomic mass is 10.3. The Morgan fingerprint density at radius 3 is 2.58 bits per heavy atom. The molecule has 0 bridgehead atoms. The van der Waals surface area contributed by atoms with Gasteiger partial charge in [-0.3, -0.25) is 4.79 Å². The number of carbonyl (C=O) groups is 2. The molecule has 0 unspecified atom stereocenters. The van der Waals surface area contributed by atoms with E-state index in [2.05, 4.69) is 4.98 Å². The zero-order valence-electron chi connectivity index (χ0n) is 10.8. The van der Waals surface area contributed by atoms with Crippen LogP contribution >= 0.6 is 11.3 Å². The van der Waals surface area contributed by atoms with Gasteiger partial charge in [0.25, 0.3) is 6.43 Å². The Kier molecular flexibility index (Phi) is 5.34. The molecule has 0 atom stereocenters. The zero-order valence-corrected chi connectivity index (χ0v) is 11.6. The number of esters is 1. The predicted octanol–water partition coefficient (Wildman–Crippen LogP) is 2.22. The summed E-state index contributed by atoms with van der Waals surface area (Å²) in [5.74, 6) is -1.07. The number of hydrogen-bond acceptors (Lipinski definition) is 6. The monoisotopic (exact) mass is 292 g/mol. The van der Waals surface area contributed by atoms with Gasteiger partial charge < -0.3 is 9.64 Å². The first kappa shape index (κ1) is 15.5. The summed E-state index contributed by atoms with van der Waals surface area (Å²) >= 11 is 0.903. The van der Waals surface area contributed by atoms with Crippen LogP contribution in [-0.4, -0.2) is 43.4 Å². The number of aromatic nitrogens is 1. The molecule has 0 aliphatic carbocycles. The lowest BCUT2D eigenvalue weighted by Gasteiger charge is -2.14. The molecule has 0 saturated carbocycles. The molecule has 1 heterocycles. The lowest BCUT2D eigenvalue weighted by molar-refractivity contribution is 0.0517. The first-order valence-electron chi connectivity index (χ1n) is 5.55. The number of anilines is 1. The molecule has 0 fully saturated rings. The first-order chi connectivity index (χ1) is 8.86. The van der Waals surface area contributed by atoms with Crippen LogP contribution in [0.3, 0.4) is 0 Å². The number of ketones is 1. The fourth-order valence-corrected chi connectivity index (χ4v) is 2.25. The fourth-order valence-electron chi connectivity index (χ4n) is 1.33. The second-order valence-electron chi connectivity index (χ2n) is 3.72. The normalized spacial score (nSPS) is 10.6. The Morgan fingerprint density at radius 1 is 1.47 bits per heavy atom. The molecule has 0 amide bonds. The molecule has 8 heteroatoms. The second kappa shape index (κ2) is 6.55. The average Bonchev–Trinajstić information content (AvgIpc) is 2.73. The smallest absolute Gasteiger partial charge is 0.358 e. The van der Waals surface area contributed by atoms with Crippen LogP contribution in [0.25, 0.3) is 0 Å². The third kappa shape index (κ3) is 3.95. The number of halogens is 2. The summed E-state index contributed by atoms with van der Waals surface area (Å²) in [6.45, 7) is 2.54. The largest absolute Gasteiger partial charge is 0.461 e. The van der Waals surface area contributed by atoms with Crippen molar-refractivity contribution in [3.63, 3.8) is 0 Å². The number of alkyl halides is 2. The van der Waals surface area contributed by atoms with Gasteiger partial charge in [0.2, 0.25) is 0 Å². The highest BCUT2D eigenvalue weighted by atomic mass is 32.1. The van der Waals surface area contributed by atoms with Gasteiger partial charge in [0.15, 0.2) is 16.6 Å². The summed E-state index contributed by atoms with van der Waals surface area (Å²) in [4.78, 5) is 28.3. The summed E-state index contributed by atoms with van der Waals surface area (Å²) in [6, 6.07) is 0. The van der Waals surface area contributed by atoms with Crippen molar-refractivity contribution in [2.75, 3.05) is 25.1 Å². The predicted molar refractivity (Wildman–Crippen MR) is 67.3 cm³/mol. The van der Waals surface area contributed by atoms with Crippen LogP contribution in [-0.2, 0) is 4.74 Å². The maximum Gasteiger partial charge on any atom is 0.358 e. The summed E-state index contributed by atoms with van der Waals surface area (Å²) in [7, 11) is 1.42. The van der Waals surface area contributed by atoms with Gasteiger partial charge in [-0.25, -0.2) is 18.6 Å². The molecule has 106 valence electrons. The van der Waals surface area contributed by atoms with Gasteiger partial charge in [0.1, 0.15) is 4.88 Å². The summed E-state index contributed by atoms with van der Waals surface area (Å²) in [5, 5.41) is 0.188. The van der Waals surface area contributed by atoms with E-state index < -0.39 is 18.9 Å². The van der Waals surface area contributed by atoms with E-state index in [1.807, 2.05) is 0 Å². The van der Waals surface area contributed by atoms with E-state index in [4.69, 9.17) is 4.74 Å². The third-order valence-corrected chi connectivity index (χ3v) is 3.41. The molecule has 1 rings (SSSR count). The maximum absolute atomic E-state index is 12.3. The van der Waals surface area contributed by atoms with Crippen molar-refractivity contribution < 1.29 is 23.1 Å². The highest BCUT2D eigenvalue weighted by Gasteiger charge is 2.24. The highest BCUT2D eigenvalue weighted by Crippen LogP contribution is 2.27. The molecule has 0 radical (unpaired) electrons. The minimum atomic E-state index is -2.53. The highest BCUT2D eigenvalue weighted by molar-refractivity contribution is 7.17. The van der Waals surface area contributed by atoms with Gasteiger partial charge in [-0.1, -0.05) is 11.3 Å². The van der Waals surface area contributed by atoms with E-state index in [-0.39, 0.29) is 28.1 Å². The van der Waals surface area contributed by atoms with Crippen molar-refractivity contribution in [1.82, 2.24) is 4.98 Å². The Morgan fingerprint density at radius 2 is 2.11 bits per heavy atom. The minimum absolute atomic E-state index is 0.115. The topological polar surface area (TPSA) is 59.5 Å². The standard InChI is InChI=1S/C11H14F2N2O3S/c1-4-18-10(17)8-9(6(2)16)19-11(14-8)15(3)5-7(12)13/h7H,4-5H2,1-3H3. The Labute approximate surface area is 113 Å². The van der Waals surface area contributed by atoms with Gasteiger partial charge in [-0.2, -0.15) is 0 Å². The van der Waals surface area contributed by atoms with E-state index in [1.165, 1.54) is 18.9 Å². The molecular weight excluding hydrogens is 278 g/mol. The number of Topliss-reactive ketones (excluding diaryl/α,β-unsaturated/α-hetero) is 1. The van der Waals surface area contributed by atoms with E-state index in [0.717, 1.165) is 11.3 Å². The van der Waals surface area contributed by atoms with E-state index in [9.17, 15) is 18.4 Å². The van der Waals surface area contributed by atoms with Crippen LogP contribution in [0.15, 0.2) is 0 Å². The van der Waals surface area contributed by atoms with Crippen LogP contribution in [0.4, 0.5) is 13.9 Å². The molecule has 1 aromatic heterocycles. The number of nitrogens with zero attached hydrogens (tertiary/aromatic N) is 2. The molecule has 0 saturated heterocycles. The molecule has 0 aliphatic rings. The molecule has 1 aromatic rings. The van der Waals surface area contributed by atoms with Gasteiger partial charge in [-0.15, -0.1) is 0 Å². The molecule has 0 aliphatic heterocycles. The van der Waals surface area contributed by atoms with E-state index in [0.29, 0.717) is 0 Å². The average molecular weight is 292 g/mol. The number of hydrogen-bond donors (Lipinski definition) is 0. The molecule has 0 aromatic carbocycles. The number of thiazole rings is 1. The van der Waals surface area contributed by atoms with Crippen molar-refractivity contribution in [1.29, 1.82) is 0 Å². The Bertz CT molecular complexity index is 477. The molecule has 5 nitrogen and oxygen atoms in total. The van der Waals surface area contributed by atoms with Crippen molar-refractivity contribution in [3.05, 3.63) is 10.6 Å². The first-order valence-corrected chi connectivity index (χ1v) is 6.36. The number of rotatable bonds is 6. The summed E-state index contributed by atoms with van der Waals surface area (Å²) < 4.78 is 29.4. The summed E-state index contributed by atoms with van der Waals surface area (Å²) in [5.41, 5.74) is -0.115. The molecular formula is C11H14F2N2O3S. The Balaban J connectivity index is 3.07. The maximum atomic E-state index is 12.3. The van der Waals surface area contributed by atoms with Gasteiger partial charge in [0, 0.05) is 14.0 Å². The van der Waals surface area contributed by atoms with Crippen LogP contribution in [0, 0.1) is 0 Å². The number of carbonyl (C=O) groups excluding carboxylic acids is 2. The van der Waals surface area contributed by atoms with Crippen LogP contribution < -0.4 is 4.90 Å². The van der Waals surface area contributed by atoms with Crippen LogP contribution in [0.1, 0.15) is 34.0 Å².